The molecule has 0 aliphatic rings. The maximum atomic E-state index is 6.44. The fourth-order valence-electron chi connectivity index (χ4n) is 9.86. The van der Waals surface area contributed by atoms with Crippen LogP contribution in [-0.2, 0) is 0 Å². The molecule has 2 aromatic heterocycles. The lowest BCUT2D eigenvalue weighted by molar-refractivity contribution is 0.669. The molecule has 65 heavy (non-hydrogen) atoms. The van der Waals surface area contributed by atoms with Gasteiger partial charge in [0.25, 0.3) is 0 Å². The molecule has 2 nitrogen and oxygen atoms in total. The minimum Gasteiger partial charge on any atom is -0.456 e. The van der Waals surface area contributed by atoms with Gasteiger partial charge in [-0.25, -0.2) is 0 Å². The zero-order valence-corrected chi connectivity index (χ0v) is 36.1. The number of fused-ring (bicyclic) bond motifs is 8. The molecule has 0 aliphatic heterocycles. The molecular weight excluding hydrogens is 807 g/mol. The number of rotatable bonds is 7. The van der Waals surface area contributed by atoms with Gasteiger partial charge in [0.2, 0.25) is 0 Å². The lowest BCUT2D eigenvalue weighted by Gasteiger charge is -2.28. The van der Waals surface area contributed by atoms with Crippen molar-refractivity contribution >= 4 is 92.1 Å². The van der Waals surface area contributed by atoms with Gasteiger partial charge in [-0.15, -0.1) is 11.3 Å². The molecular formula is C62H39NOS. The number of para-hydroxylation sites is 1. The first kappa shape index (κ1) is 37.3. The predicted molar refractivity (Wildman–Crippen MR) is 278 cm³/mol. The van der Waals surface area contributed by atoms with E-state index < -0.39 is 0 Å². The lowest BCUT2D eigenvalue weighted by Crippen LogP contribution is -2.11. The lowest BCUT2D eigenvalue weighted by atomic mass is 9.96. The van der Waals surface area contributed by atoms with Crippen molar-refractivity contribution in [3.8, 4) is 44.5 Å². The van der Waals surface area contributed by atoms with E-state index in [1.807, 2.05) is 11.3 Å². The average Bonchev–Trinajstić information content (AvgIpc) is 3.94. The Morgan fingerprint density at radius 3 is 1.63 bits per heavy atom. The van der Waals surface area contributed by atoms with E-state index in [2.05, 4.69) is 241 Å². The van der Waals surface area contributed by atoms with E-state index in [0.29, 0.717) is 0 Å². The second kappa shape index (κ2) is 15.2. The Labute approximate surface area is 380 Å². The monoisotopic (exact) mass is 845 g/mol. The summed E-state index contributed by atoms with van der Waals surface area (Å²) in [4.78, 5) is 2.40. The highest BCUT2D eigenvalue weighted by Crippen LogP contribution is 2.45. The summed E-state index contributed by atoms with van der Waals surface area (Å²) in [5.41, 5.74) is 14.6. The summed E-state index contributed by atoms with van der Waals surface area (Å²) in [6.45, 7) is 0. The molecule has 0 radical (unpaired) electrons. The molecule has 0 bridgehead atoms. The molecule has 3 heteroatoms. The average molecular weight is 846 g/mol. The van der Waals surface area contributed by atoms with E-state index in [9.17, 15) is 0 Å². The maximum absolute atomic E-state index is 6.44. The van der Waals surface area contributed by atoms with Crippen LogP contribution in [0.1, 0.15) is 0 Å². The topological polar surface area (TPSA) is 16.4 Å². The van der Waals surface area contributed by atoms with E-state index in [1.54, 1.807) is 0 Å². The summed E-state index contributed by atoms with van der Waals surface area (Å²) in [7, 11) is 0. The van der Waals surface area contributed by atoms with Crippen molar-refractivity contribution < 1.29 is 4.42 Å². The first-order valence-electron chi connectivity index (χ1n) is 22.1. The third kappa shape index (κ3) is 6.39. The van der Waals surface area contributed by atoms with Crippen molar-refractivity contribution in [1.82, 2.24) is 0 Å². The number of hydrogen-bond donors (Lipinski definition) is 0. The van der Waals surface area contributed by atoms with Gasteiger partial charge < -0.3 is 9.32 Å². The Bertz CT molecular complexity index is 3930. The molecule has 13 aromatic rings. The van der Waals surface area contributed by atoms with E-state index in [4.69, 9.17) is 4.42 Å². The van der Waals surface area contributed by atoms with Crippen molar-refractivity contribution in [3.63, 3.8) is 0 Å². The molecule has 0 aliphatic carbocycles. The third-order valence-electron chi connectivity index (χ3n) is 13.1. The SMILES string of the molecule is c1ccc(N(c2ccc(-c3ccc(-c4cccc5ccccc45)cc3)cc2)c2ccc(-c3cccc4c3sc3ccccc34)cc2)c(-c2ccc3oc4cc5ccccc5cc4c3c2)c1. The number of benzene rings is 11. The van der Waals surface area contributed by atoms with Crippen molar-refractivity contribution in [2.24, 2.45) is 0 Å². The first-order valence-corrected chi connectivity index (χ1v) is 23.0. The zero-order chi connectivity index (χ0) is 42.8. The second-order valence-electron chi connectivity index (χ2n) is 16.8. The molecule has 0 fully saturated rings. The highest BCUT2D eigenvalue weighted by Gasteiger charge is 2.20. The molecule has 2 heterocycles. The van der Waals surface area contributed by atoms with Crippen LogP contribution < -0.4 is 4.90 Å². The Morgan fingerprint density at radius 1 is 0.308 bits per heavy atom. The molecule has 0 saturated heterocycles. The number of nitrogens with zero attached hydrogens (tertiary/aromatic N) is 1. The number of anilines is 3. The van der Waals surface area contributed by atoms with Crippen molar-refractivity contribution in [2.45, 2.75) is 0 Å². The van der Waals surface area contributed by atoms with Crippen molar-refractivity contribution in [2.75, 3.05) is 4.90 Å². The van der Waals surface area contributed by atoms with E-state index in [1.165, 1.54) is 75.1 Å². The minimum absolute atomic E-state index is 0.887. The van der Waals surface area contributed by atoms with Gasteiger partial charge in [-0.3, -0.25) is 0 Å². The van der Waals surface area contributed by atoms with E-state index in [-0.39, 0.29) is 0 Å². The van der Waals surface area contributed by atoms with E-state index in [0.717, 1.165) is 50.1 Å². The molecule has 0 spiro atoms. The van der Waals surface area contributed by atoms with Gasteiger partial charge in [0.05, 0.1) is 5.69 Å². The van der Waals surface area contributed by atoms with Crippen LogP contribution in [0.3, 0.4) is 0 Å². The number of furan rings is 1. The summed E-state index contributed by atoms with van der Waals surface area (Å²) in [6.07, 6.45) is 0. The van der Waals surface area contributed by atoms with Crippen LogP contribution in [0.2, 0.25) is 0 Å². The Hall–Kier alpha value is -8.24. The van der Waals surface area contributed by atoms with Crippen molar-refractivity contribution in [1.29, 1.82) is 0 Å². The summed E-state index contributed by atoms with van der Waals surface area (Å²) in [5, 5.41) is 9.76. The largest absolute Gasteiger partial charge is 0.456 e. The fourth-order valence-corrected chi connectivity index (χ4v) is 11.1. The normalized spacial score (nSPS) is 11.7. The van der Waals surface area contributed by atoms with Gasteiger partial charge in [0.1, 0.15) is 11.2 Å². The quantitative estimate of drug-likeness (QED) is 0.159. The second-order valence-corrected chi connectivity index (χ2v) is 17.9. The predicted octanol–water partition coefficient (Wildman–Crippen LogP) is 18.4. The number of thiophene rings is 1. The highest BCUT2D eigenvalue weighted by molar-refractivity contribution is 7.26. The van der Waals surface area contributed by atoms with Crippen LogP contribution in [0, 0.1) is 0 Å². The summed E-state index contributed by atoms with van der Waals surface area (Å²) < 4.78 is 9.08. The molecule has 0 amide bonds. The Balaban J connectivity index is 0.916. The molecule has 0 saturated carbocycles. The van der Waals surface area contributed by atoms with Crippen molar-refractivity contribution in [3.05, 3.63) is 237 Å². The molecule has 0 N–H and O–H groups in total. The molecule has 11 aromatic carbocycles. The van der Waals surface area contributed by atoms with Gasteiger partial charge in [-0.1, -0.05) is 176 Å². The maximum Gasteiger partial charge on any atom is 0.136 e. The van der Waals surface area contributed by atoms with E-state index >= 15 is 0 Å². The van der Waals surface area contributed by atoms with Gasteiger partial charge in [0.15, 0.2) is 0 Å². The van der Waals surface area contributed by atoms with Gasteiger partial charge in [-0.05, 0) is 121 Å². The van der Waals surface area contributed by atoms with Crippen LogP contribution in [0.4, 0.5) is 17.1 Å². The molecule has 304 valence electrons. The Morgan fingerprint density at radius 2 is 0.831 bits per heavy atom. The third-order valence-corrected chi connectivity index (χ3v) is 14.3. The van der Waals surface area contributed by atoms with Gasteiger partial charge >= 0.3 is 0 Å². The number of hydrogen-bond acceptors (Lipinski definition) is 3. The Kier molecular flexibility index (Phi) is 8.75. The minimum atomic E-state index is 0.887. The highest BCUT2D eigenvalue weighted by atomic mass is 32.1. The van der Waals surface area contributed by atoms with Crippen LogP contribution in [0.25, 0.3) is 108 Å². The molecule has 0 atom stereocenters. The van der Waals surface area contributed by atoms with Crippen LogP contribution >= 0.6 is 11.3 Å². The fraction of sp³-hybridized carbons (Fsp3) is 0. The van der Waals surface area contributed by atoms with Gasteiger partial charge in [0, 0.05) is 47.9 Å². The zero-order valence-electron chi connectivity index (χ0n) is 35.3. The van der Waals surface area contributed by atoms with Crippen LogP contribution in [-0.4, -0.2) is 0 Å². The van der Waals surface area contributed by atoms with Crippen LogP contribution in [0.5, 0.6) is 0 Å². The molecule has 13 rings (SSSR count). The summed E-state index contributed by atoms with van der Waals surface area (Å²) >= 11 is 1.87. The smallest absolute Gasteiger partial charge is 0.136 e. The standard InChI is InChI=1S/C62H39NOS/c1-2-13-46-39-60-57(37-45(46)12-1)56-38-47(31-36-59(56)64-60)52-16-5-7-21-58(52)63(49-34-29-44(30-35-49)53-19-10-20-55-54-17-6-8-22-61(54)65-62(53)55)48-32-27-41(28-33-48)40-23-25-43(26-24-40)51-18-9-14-42-11-3-4-15-50(42)51/h1-39H. The van der Waals surface area contributed by atoms with Gasteiger partial charge in [-0.2, -0.15) is 0 Å². The summed E-state index contributed by atoms with van der Waals surface area (Å²) in [5.74, 6) is 0. The first-order chi connectivity index (χ1) is 32.2. The molecule has 0 unspecified atom stereocenters. The summed E-state index contributed by atoms with van der Waals surface area (Å²) in [6, 6.07) is 86.0. The van der Waals surface area contributed by atoms with Crippen LogP contribution in [0.15, 0.2) is 241 Å².